The van der Waals surface area contributed by atoms with Gasteiger partial charge in [0.1, 0.15) is 5.75 Å². The maximum Gasteiger partial charge on any atom is 0.124 e. The van der Waals surface area contributed by atoms with Gasteiger partial charge in [0.05, 0.1) is 11.2 Å². The summed E-state index contributed by atoms with van der Waals surface area (Å²) in [6, 6.07) is 14.5. The topological polar surface area (TPSA) is 45.5 Å². The molecule has 20 heavy (non-hydrogen) atoms. The Kier molecular flexibility index (Phi) is 3.35. The largest absolute Gasteiger partial charge is 0.507 e. The number of halogens is 1. The highest BCUT2D eigenvalue weighted by molar-refractivity contribution is 6.30. The zero-order chi connectivity index (χ0) is 13.9. The number of nitrogens with zero attached hydrogens (tertiary/aromatic N) is 2. The van der Waals surface area contributed by atoms with E-state index in [0.29, 0.717) is 10.6 Å². The van der Waals surface area contributed by atoms with Crippen LogP contribution in [0.15, 0.2) is 59.7 Å². The zero-order valence-corrected chi connectivity index (χ0v) is 11.2. The van der Waals surface area contributed by atoms with Gasteiger partial charge in [-0.15, -0.1) is 0 Å². The molecule has 3 nitrogen and oxygen atoms in total. The Bertz CT molecular complexity index is 794. The van der Waals surface area contributed by atoms with Crippen molar-refractivity contribution in [1.29, 1.82) is 0 Å². The molecule has 0 bridgehead atoms. The first-order valence-corrected chi connectivity index (χ1v) is 6.48. The van der Waals surface area contributed by atoms with E-state index >= 15 is 0 Å². The van der Waals surface area contributed by atoms with Crippen LogP contribution >= 0.6 is 11.6 Å². The second-order valence-corrected chi connectivity index (χ2v) is 4.75. The van der Waals surface area contributed by atoms with Crippen molar-refractivity contribution in [3.05, 3.63) is 65.3 Å². The molecule has 1 aromatic heterocycles. The van der Waals surface area contributed by atoms with Gasteiger partial charge in [0.15, 0.2) is 0 Å². The predicted octanol–water partition coefficient (Wildman–Crippen LogP) is 4.34. The molecule has 0 aliphatic carbocycles. The van der Waals surface area contributed by atoms with E-state index in [1.807, 2.05) is 30.3 Å². The molecule has 0 unspecified atom stereocenters. The molecule has 2 aromatic carbocycles. The molecule has 3 aromatic rings. The van der Waals surface area contributed by atoms with Crippen LogP contribution in [0.3, 0.4) is 0 Å². The second-order valence-electron chi connectivity index (χ2n) is 4.31. The molecule has 0 saturated heterocycles. The van der Waals surface area contributed by atoms with E-state index in [0.717, 1.165) is 16.6 Å². The number of hydrogen-bond acceptors (Lipinski definition) is 3. The molecule has 1 N–H and O–H groups in total. The molecule has 0 fully saturated rings. The van der Waals surface area contributed by atoms with Crippen molar-refractivity contribution in [2.75, 3.05) is 0 Å². The highest BCUT2D eigenvalue weighted by atomic mass is 35.5. The molecular formula is C16H11ClN2O. The van der Waals surface area contributed by atoms with Gasteiger partial charge in [-0.3, -0.25) is 9.98 Å². The van der Waals surface area contributed by atoms with E-state index in [2.05, 4.69) is 9.98 Å². The van der Waals surface area contributed by atoms with Gasteiger partial charge in [0, 0.05) is 28.4 Å². The molecule has 0 aliphatic rings. The first kappa shape index (κ1) is 12.6. The number of fused-ring (bicyclic) bond motifs is 1. The van der Waals surface area contributed by atoms with Gasteiger partial charge in [-0.25, -0.2) is 0 Å². The highest BCUT2D eigenvalue weighted by Crippen LogP contribution is 2.25. The summed E-state index contributed by atoms with van der Waals surface area (Å²) >= 11 is 5.91. The lowest BCUT2D eigenvalue weighted by atomic mass is 10.2. The number of benzene rings is 2. The number of phenolic OH excluding ortho intramolecular Hbond substituents is 1. The fourth-order valence-electron chi connectivity index (χ4n) is 1.96. The van der Waals surface area contributed by atoms with Crippen molar-refractivity contribution >= 4 is 34.4 Å². The van der Waals surface area contributed by atoms with Crippen molar-refractivity contribution in [1.82, 2.24) is 4.98 Å². The monoisotopic (exact) mass is 282 g/mol. The Morgan fingerprint density at radius 2 is 1.95 bits per heavy atom. The number of aromatic hydroxyl groups is 1. The van der Waals surface area contributed by atoms with Crippen molar-refractivity contribution in [3.63, 3.8) is 0 Å². The molecule has 0 spiro atoms. The average Bonchev–Trinajstić information content (AvgIpc) is 2.48. The SMILES string of the molecule is Oc1ccc(Cl)cc1C=Nc1cccc2cccnc12. The van der Waals surface area contributed by atoms with Gasteiger partial charge in [0.25, 0.3) is 0 Å². The fraction of sp³-hybridized carbons (Fsp3) is 0. The van der Waals surface area contributed by atoms with Gasteiger partial charge in [-0.1, -0.05) is 29.8 Å². The van der Waals surface area contributed by atoms with Crippen LogP contribution in [-0.4, -0.2) is 16.3 Å². The number of rotatable bonds is 2. The van der Waals surface area contributed by atoms with Crippen molar-refractivity contribution < 1.29 is 5.11 Å². The number of phenols is 1. The minimum absolute atomic E-state index is 0.145. The number of hydrogen-bond donors (Lipinski definition) is 1. The van der Waals surface area contributed by atoms with Crippen LogP contribution in [0.25, 0.3) is 10.9 Å². The van der Waals surface area contributed by atoms with Crippen molar-refractivity contribution in [2.24, 2.45) is 4.99 Å². The molecule has 0 aliphatic heterocycles. The number of aromatic nitrogens is 1. The number of aliphatic imine (C=N–C) groups is 1. The van der Waals surface area contributed by atoms with E-state index in [-0.39, 0.29) is 5.75 Å². The molecule has 0 radical (unpaired) electrons. The first-order valence-electron chi connectivity index (χ1n) is 6.10. The molecule has 1 heterocycles. The van der Waals surface area contributed by atoms with Crippen LogP contribution in [0.5, 0.6) is 5.75 Å². The van der Waals surface area contributed by atoms with E-state index in [4.69, 9.17) is 11.6 Å². The molecule has 4 heteroatoms. The molecule has 0 saturated carbocycles. The van der Waals surface area contributed by atoms with Gasteiger partial charge in [0.2, 0.25) is 0 Å². The molecule has 0 amide bonds. The number of para-hydroxylation sites is 1. The Morgan fingerprint density at radius 1 is 1.10 bits per heavy atom. The van der Waals surface area contributed by atoms with Gasteiger partial charge in [-0.05, 0) is 30.3 Å². The van der Waals surface area contributed by atoms with E-state index in [9.17, 15) is 5.11 Å². The van der Waals surface area contributed by atoms with Crippen LogP contribution in [0.1, 0.15) is 5.56 Å². The highest BCUT2D eigenvalue weighted by Gasteiger charge is 2.01. The molecule has 0 atom stereocenters. The third-order valence-corrected chi connectivity index (χ3v) is 3.18. The number of pyridine rings is 1. The summed E-state index contributed by atoms with van der Waals surface area (Å²) < 4.78 is 0. The van der Waals surface area contributed by atoms with Crippen molar-refractivity contribution in [3.8, 4) is 5.75 Å². The summed E-state index contributed by atoms with van der Waals surface area (Å²) in [6.45, 7) is 0. The quantitative estimate of drug-likeness (QED) is 0.711. The Hall–Kier alpha value is -2.39. The average molecular weight is 283 g/mol. The smallest absolute Gasteiger partial charge is 0.124 e. The fourth-order valence-corrected chi connectivity index (χ4v) is 2.14. The normalized spacial score (nSPS) is 11.2. The van der Waals surface area contributed by atoms with Crippen LogP contribution in [0.2, 0.25) is 5.02 Å². The van der Waals surface area contributed by atoms with E-state index < -0.39 is 0 Å². The summed E-state index contributed by atoms with van der Waals surface area (Å²) in [6.07, 6.45) is 3.32. The zero-order valence-electron chi connectivity index (χ0n) is 10.5. The van der Waals surface area contributed by atoms with Crippen LogP contribution < -0.4 is 0 Å². The van der Waals surface area contributed by atoms with Gasteiger partial charge < -0.3 is 5.11 Å². The molecule has 98 valence electrons. The maximum absolute atomic E-state index is 9.76. The van der Waals surface area contributed by atoms with Gasteiger partial charge in [-0.2, -0.15) is 0 Å². The lowest BCUT2D eigenvalue weighted by Gasteiger charge is -2.01. The van der Waals surface area contributed by atoms with E-state index in [1.165, 1.54) is 0 Å². The lowest BCUT2D eigenvalue weighted by molar-refractivity contribution is 0.474. The van der Waals surface area contributed by atoms with Crippen LogP contribution in [0.4, 0.5) is 5.69 Å². The third kappa shape index (κ3) is 2.49. The standard InChI is InChI=1S/C16H11ClN2O/c17-13-6-7-15(20)12(9-13)10-19-14-5-1-3-11-4-2-8-18-16(11)14/h1-10,20H. The summed E-state index contributed by atoms with van der Waals surface area (Å²) in [4.78, 5) is 8.73. The Labute approximate surface area is 121 Å². The van der Waals surface area contributed by atoms with Crippen LogP contribution in [0, 0.1) is 0 Å². The Morgan fingerprint density at radius 3 is 2.85 bits per heavy atom. The summed E-state index contributed by atoms with van der Waals surface area (Å²) in [5.41, 5.74) is 2.15. The summed E-state index contributed by atoms with van der Waals surface area (Å²) in [5.74, 6) is 0.145. The summed E-state index contributed by atoms with van der Waals surface area (Å²) in [7, 11) is 0. The minimum Gasteiger partial charge on any atom is -0.507 e. The van der Waals surface area contributed by atoms with Gasteiger partial charge >= 0.3 is 0 Å². The summed E-state index contributed by atoms with van der Waals surface area (Å²) in [5, 5.41) is 11.3. The first-order chi connectivity index (χ1) is 9.74. The Balaban J connectivity index is 2.05. The second kappa shape index (κ2) is 5.31. The minimum atomic E-state index is 0.145. The van der Waals surface area contributed by atoms with Crippen molar-refractivity contribution in [2.45, 2.75) is 0 Å². The van der Waals surface area contributed by atoms with E-state index in [1.54, 1.807) is 30.6 Å². The lowest BCUT2D eigenvalue weighted by Crippen LogP contribution is -1.83. The third-order valence-electron chi connectivity index (χ3n) is 2.94. The molecular weight excluding hydrogens is 272 g/mol. The van der Waals surface area contributed by atoms with Crippen LogP contribution in [-0.2, 0) is 0 Å². The molecule has 3 rings (SSSR count). The maximum atomic E-state index is 9.76. The predicted molar refractivity (Wildman–Crippen MR) is 82.1 cm³/mol.